The quantitative estimate of drug-likeness (QED) is 0.314. The highest BCUT2D eigenvalue weighted by atomic mass is 32.2. The number of unbranched alkanes of at least 4 members (excludes halogenated alkanes) is 1. The Morgan fingerprint density at radius 2 is 1.81 bits per heavy atom. The number of esters is 2. The fourth-order valence-corrected chi connectivity index (χ4v) is 2.17. The molecule has 0 amide bonds. The second-order valence-electron chi connectivity index (χ2n) is 5.14. The van der Waals surface area contributed by atoms with Gasteiger partial charge in [0.1, 0.15) is 0 Å². The normalized spacial score (nSPS) is 13.4. The lowest BCUT2D eigenvalue weighted by Gasteiger charge is -2.26. The van der Waals surface area contributed by atoms with Crippen LogP contribution in [-0.4, -0.2) is 35.9 Å². The van der Waals surface area contributed by atoms with Gasteiger partial charge in [0.15, 0.2) is 5.25 Å². The molecule has 1 atom stereocenters. The van der Waals surface area contributed by atoms with Crippen molar-refractivity contribution in [3.8, 4) is 0 Å². The summed E-state index contributed by atoms with van der Waals surface area (Å²) < 4.78 is 41.3. The van der Waals surface area contributed by atoms with Crippen molar-refractivity contribution >= 4 is 22.1 Å². The van der Waals surface area contributed by atoms with Crippen LogP contribution in [-0.2, 0) is 29.2 Å². The fraction of sp³-hybridized carbons (Fsp3) is 0.692. The summed E-state index contributed by atoms with van der Waals surface area (Å²) >= 11 is 0. The van der Waals surface area contributed by atoms with Crippen LogP contribution in [0.2, 0.25) is 0 Å². The topological polar surface area (TPSA) is 107 Å². The zero-order valence-electron chi connectivity index (χ0n) is 12.7. The average molecular weight is 322 g/mol. The zero-order valence-corrected chi connectivity index (χ0v) is 13.5. The molecule has 8 heteroatoms. The molecule has 0 heterocycles. The Morgan fingerprint density at radius 3 is 2.19 bits per heavy atom. The third-order valence-electron chi connectivity index (χ3n) is 2.48. The predicted molar refractivity (Wildman–Crippen MR) is 75.9 cm³/mol. The van der Waals surface area contributed by atoms with Crippen LogP contribution in [0.15, 0.2) is 12.2 Å². The van der Waals surface area contributed by atoms with Crippen molar-refractivity contribution in [2.75, 3.05) is 0 Å². The highest BCUT2D eigenvalue weighted by Gasteiger charge is 2.37. The third-order valence-corrected chi connectivity index (χ3v) is 3.62. The van der Waals surface area contributed by atoms with E-state index >= 15 is 0 Å². The number of ether oxygens (including phenoxy) is 2. The van der Waals surface area contributed by atoms with Crippen molar-refractivity contribution in [1.82, 2.24) is 0 Å². The van der Waals surface area contributed by atoms with Crippen LogP contribution < -0.4 is 0 Å². The Labute approximate surface area is 125 Å². The van der Waals surface area contributed by atoms with Gasteiger partial charge in [-0.25, -0.2) is 4.79 Å². The molecule has 0 bridgehead atoms. The molecule has 0 saturated carbocycles. The van der Waals surface area contributed by atoms with Crippen molar-refractivity contribution in [2.24, 2.45) is 0 Å². The van der Waals surface area contributed by atoms with E-state index < -0.39 is 33.1 Å². The van der Waals surface area contributed by atoms with Gasteiger partial charge in [-0.2, -0.15) is 8.42 Å². The molecule has 0 fully saturated rings. The number of hydrogen-bond donors (Lipinski definition) is 1. The Kier molecular flexibility index (Phi) is 7.05. The van der Waals surface area contributed by atoms with Gasteiger partial charge in [-0.15, -0.1) is 0 Å². The third kappa shape index (κ3) is 7.24. The van der Waals surface area contributed by atoms with Crippen LogP contribution >= 0.6 is 0 Å². The van der Waals surface area contributed by atoms with E-state index in [1.165, 1.54) is 20.8 Å². The summed E-state index contributed by atoms with van der Waals surface area (Å²) in [6.45, 7) is 9.18. The summed E-state index contributed by atoms with van der Waals surface area (Å²) in [5.41, 5.74) is 0.108. The minimum absolute atomic E-state index is 0.0708. The molecule has 0 aliphatic heterocycles. The molecule has 7 nitrogen and oxygen atoms in total. The van der Waals surface area contributed by atoms with Crippen molar-refractivity contribution in [3.63, 3.8) is 0 Å². The maximum absolute atomic E-state index is 11.9. The number of carbonyl (C=O) groups is 2. The average Bonchev–Trinajstić information content (AvgIpc) is 2.25. The number of carbonyl (C=O) groups excluding carboxylic acids is 2. The zero-order chi connectivity index (χ0) is 16.8. The molecule has 1 unspecified atom stereocenters. The van der Waals surface area contributed by atoms with Crippen LogP contribution in [0.25, 0.3) is 0 Å². The maximum atomic E-state index is 11.9. The van der Waals surface area contributed by atoms with E-state index in [1.807, 2.05) is 6.92 Å². The standard InChI is InChI=1S/C13H22O7S/c1-6-7-8-10(21(16,17)18)12(15)20-13(4,5)19-11(14)9(2)3/h10H,2,6-8H2,1,3-5H3,(H,16,17,18). The minimum atomic E-state index is -4.59. The van der Waals surface area contributed by atoms with Crippen LogP contribution in [0.3, 0.4) is 0 Å². The van der Waals surface area contributed by atoms with E-state index in [0.717, 1.165) is 0 Å². The summed E-state index contributed by atoms with van der Waals surface area (Å²) in [7, 11) is -4.59. The van der Waals surface area contributed by atoms with Crippen molar-refractivity contribution in [2.45, 2.75) is 58.0 Å². The predicted octanol–water partition coefficient (Wildman–Crippen LogP) is 1.83. The van der Waals surface area contributed by atoms with Gasteiger partial charge in [-0.1, -0.05) is 26.3 Å². The minimum Gasteiger partial charge on any atom is -0.422 e. The van der Waals surface area contributed by atoms with Gasteiger partial charge in [0.2, 0.25) is 0 Å². The van der Waals surface area contributed by atoms with E-state index in [4.69, 9.17) is 14.0 Å². The lowest BCUT2D eigenvalue weighted by Crippen LogP contribution is -2.40. The maximum Gasteiger partial charge on any atom is 0.336 e. The summed E-state index contributed by atoms with van der Waals surface area (Å²) in [6.07, 6.45) is 0.998. The second kappa shape index (κ2) is 7.56. The van der Waals surface area contributed by atoms with E-state index in [-0.39, 0.29) is 12.0 Å². The van der Waals surface area contributed by atoms with Gasteiger partial charge >= 0.3 is 11.9 Å². The van der Waals surface area contributed by atoms with Gasteiger partial charge in [0, 0.05) is 19.4 Å². The molecule has 0 radical (unpaired) electrons. The molecule has 0 aliphatic rings. The van der Waals surface area contributed by atoms with E-state index in [0.29, 0.717) is 12.8 Å². The van der Waals surface area contributed by atoms with Gasteiger partial charge in [-0.05, 0) is 13.3 Å². The highest BCUT2D eigenvalue weighted by molar-refractivity contribution is 7.87. The van der Waals surface area contributed by atoms with E-state index in [1.54, 1.807) is 0 Å². The lowest BCUT2D eigenvalue weighted by atomic mass is 10.2. The molecule has 122 valence electrons. The van der Waals surface area contributed by atoms with Crippen molar-refractivity contribution in [1.29, 1.82) is 0 Å². The summed E-state index contributed by atoms with van der Waals surface area (Å²) in [5, 5.41) is -1.69. The SMILES string of the molecule is C=C(C)C(=O)OC(C)(C)OC(=O)C(CCCC)S(=O)(=O)O. The Hall–Kier alpha value is -1.41. The second-order valence-corrected chi connectivity index (χ2v) is 6.74. The van der Waals surface area contributed by atoms with Crippen LogP contribution in [0.1, 0.15) is 47.0 Å². The summed E-state index contributed by atoms with van der Waals surface area (Å²) in [6, 6.07) is 0. The first-order chi connectivity index (χ1) is 9.40. The van der Waals surface area contributed by atoms with Crippen molar-refractivity contribution in [3.05, 3.63) is 12.2 Å². The monoisotopic (exact) mass is 322 g/mol. The molecule has 0 spiro atoms. The molecule has 0 aromatic carbocycles. The Bertz CT molecular complexity index is 505. The molecule has 21 heavy (non-hydrogen) atoms. The first kappa shape index (κ1) is 19.6. The first-order valence-corrected chi connectivity index (χ1v) is 7.99. The molecule has 1 N–H and O–H groups in total. The largest absolute Gasteiger partial charge is 0.422 e. The molecule has 0 aromatic heterocycles. The van der Waals surface area contributed by atoms with Gasteiger partial charge in [-0.3, -0.25) is 9.35 Å². The van der Waals surface area contributed by atoms with E-state index in [9.17, 15) is 18.0 Å². The summed E-state index contributed by atoms with van der Waals surface area (Å²) in [4.78, 5) is 23.3. The summed E-state index contributed by atoms with van der Waals surface area (Å²) in [5.74, 6) is -3.60. The van der Waals surface area contributed by atoms with Gasteiger partial charge in [0.05, 0.1) is 0 Å². The van der Waals surface area contributed by atoms with Gasteiger partial charge in [0.25, 0.3) is 15.9 Å². The molecule has 0 aliphatic carbocycles. The van der Waals surface area contributed by atoms with Crippen LogP contribution in [0.4, 0.5) is 0 Å². The Balaban J connectivity index is 4.96. The molecule has 0 saturated heterocycles. The molecular weight excluding hydrogens is 300 g/mol. The van der Waals surface area contributed by atoms with Crippen molar-refractivity contribution < 1.29 is 32.0 Å². The number of hydrogen-bond acceptors (Lipinski definition) is 6. The lowest BCUT2D eigenvalue weighted by molar-refractivity contribution is -0.213. The first-order valence-electron chi connectivity index (χ1n) is 6.48. The smallest absolute Gasteiger partial charge is 0.336 e. The van der Waals surface area contributed by atoms with Gasteiger partial charge < -0.3 is 9.47 Å². The fourth-order valence-electron chi connectivity index (χ4n) is 1.42. The Morgan fingerprint density at radius 1 is 1.29 bits per heavy atom. The highest BCUT2D eigenvalue weighted by Crippen LogP contribution is 2.19. The number of rotatable bonds is 8. The molecular formula is C13H22O7S. The van der Waals surface area contributed by atoms with Crippen LogP contribution in [0, 0.1) is 0 Å². The van der Waals surface area contributed by atoms with E-state index in [2.05, 4.69) is 6.58 Å². The molecule has 0 rings (SSSR count). The van der Waals surface area contributed by atoms with Crippen LogP contribution in [0.5, 0.6) is 0 Å². The molecule has 0 aromatic rings.